The SMILES string of the molecule is Cc1ccc(OCC(=O)N2CCN(c3ccc(O)cc3)CC2)c(C)c1. The first-order chi connectivity index (χ1) is 12.0. The summed E-state index contributed by atoms with van der Waals surface area (Å²) in [4.78, 5) is 16.5. The Balaban J connectivity index is 1.50. The van der Waals surface area contributed by atoms with Crippen LogP contribution in [0.1, 0.15) is 11.1 Å². The van der Waals surface area contributed by atoms with E-state index in [-0.39, 0.29) is 18.3 Å². The molecule has 1 N–H and O–H groups in total. The number of hydrogen-bond acceptors (Lipinski definition) is 4. The molecule has 0 spiro atoms. The number of rotatable bonds is 4. The number of aromatic hydroxyl groups is 1. The van der Waals surface area contributed by atoms with Crippen LogP contribution in [0.4, 0.5) is 5.69 Å². The molecule has 1 heterocycles. The average Bonchev–Trinajstić information content (AvgIpc) is 2.61. The normalized spacial score (nSPS) is 14.5. The maximum Gasteiger partial charge on any atom is 0.260 e. The number of carbonyl (C=O) groups excluding carboxylic acids is 1. The van der Waals surface area contributed by atoms with Crippen molar-refractivity contribution >= 4 is 11.6 Å². The molecule has 1 aliphatic rings. The zero-order valence-electron chi connectivity index (χ0n) is 14.7. The number of carbonyl (C=O) groups is 1. The summed E-state index contributed by atoms with van der Waals surface area (Å²) >= 11 is 0. The summed E-state index contributed by atoms with van der Waals surface area (Å²) in [7, 11) is 0. The molecule has 1 fully saturated rings. The Kier molecular flexibility index (Phi) is 5.12. The summed E-state index contributed by atoms with van der Waals surface area (Å²) in [6.45, 7) is 7.01. The molecule has 0 radical (unpaired) electrons. The van der Waals surface area contributed by atoms with E-state index in [0.29, 0.717) is 13.1 Å². The highest BCUT2D eigenvalue weighted by Gasteiger charge is 2.21. The predicted molar refractivity (Wildman–Crippen MR) is 98.3 cm³/mol. The van der Waals surface area contributed by atoms with Crippen molar-refractivity contribution in [3.05, 3.63) is 53.6 Å². The lowest BCUT2D eigenvalue weighted by Gasteiger charge is -2.36. The molecule has 3 rings (SSSR count). The minimum absolute atomic E-state index is 0.0188. The topological polar surface area (TPSA) is 53.0 Å². The van der Waals surface area contributed by atoms with Gasteiger partial charge in [0.1, 0.15) is 11.5 Å². The molecule has 5 heteroatoms. The van der Waals surface area contributed by atoms with Crippen LogP contribution >= 0.6 is 0 Å². The van der Waals surface area contributed by atoms with E-state index in [9.17, 15) is 9.90 Å². The zero-order chi connectivity index (χ0) is 17.8. The molecule has 1 amide bonds. The Morgan fingerprint density at radius 1 is 1.04 bits per heavy atom. The molecule has 132 valence electrons. The fraction of sp³-hybridized carbons (Fsp3) is 0.350. The molecule has 0 aliphatic carbocycles. The molecule has 0 unspecified atom stereocenters. The second kappa shape index (κ2) is 7.47. The van der Waals surface area contributed by atoms with Gasteiger partial charge in [-0.25, -0.2) is 0 Å². The third-order valence-corrected chi connectivity index (χ3v) is 4.53. The number of benzene rings is 2. The summed E-state index contributed by atoms with van der Waals surface area (Å²) in [5.74, 6) is 1.05. The predicted octanol–water partition coefficient (Wildman–Crippen LogP) is 2.74. The lowest BCUT2D eigenvalue weighted by atomic mass is 10.1. The summed E-state index contributed by atoms with van der Waals surface area (Å²) in [6.07, 6.45) is 0. The van der Waals surface area contributed by atoms with Gasteiger partial charge in [-0.2, -0.15) is 0 Å². The first kappa shape index (κ1) is 17.1. The van der Waals surface area contributed by atoms with Gasteiger partial charge < -0.3 is 19.6 Å². The van der Waals surface area contributed by atoms with E-state index in [1.165, 1.54) is 5.56 Å². The third-order valence-electron chi connectivity index (χ3n) is 4.53. The van der Waals surface area contributed by atoms with Crippen LogP contribution in [0, 0.1) is 13.8 Å². The van der Waals surface area contributed by atoms with Gasteiger partial charge >= 0.3 is 0 Å². The number of anilines is 1. The summed E-state index contributed by atoms with van der Waals surface area (Å²) in [5, 5.41) is 9.37. The number of piperazine rings is 1. The number of nitrogens with zero attached hydrogens (tertiary/aromatic N) is 2. The number of phenolic OH excluding ortho intramolecular Hbond substituents is 1. The molecular weight excluding hydrogens is 316 g/mol. The minimum atomic E-state index is 0.0188. The van der Waals surface area contributed by atoms with E-state index in [2.05, 4.69) is 11.0 Å². The number of ether oxygens (including phenoxy) is 1. The molecule has 25 heavy (non-hydrogen) atoms. The largest absolute Gasteiger partial charge is 0.508 e. The molecular formula is C20H24N2O3. The van der Waals surface area contributed by atoms with Gasteiger partial charge in [0.2, 0.25) is 0 Å². The highest BCUT2D eigenvalue weighted by molar-refractivity contribution is 5.78. The third kappa shape index (κ3) is 4.24. The van der Waals surface area contributed by atoms with Crippen molar-refractivity contribution in [3.8, 4) is 11.5 Å². The molecule has 2 aromatic rings. The van der Waals surface area contributed by atoms with Gasteiger partial charge in [0, 0.05) is 31.9 Å². The van der Waals surface area contributed by atoms with Crippen LogP contribution in [0.25, 0.3) is 0 Å². The fourth-order valence-corrected chi connectivity index (χ4v) is 3.07. The quantitative estimate of drug-likeness (QED) is 0.930. The van der Waals surface area contributed by atoms with Gasteiger partial charge in [-0.15, -0.1) is 0 Å². The Morgan fingerprint density at radius 3 is 2.36 bits per heavy atom. The summed E-state index contributed by atoms with van der Waals surface area (Å²) in [6, 6.07) is 13.1. The minimum Gasteiger partial charge on any atom is -0.508 e. The van der Waals surface area contributed by atoms with Gasteiger partial charge in [0.15, 0.2) is 6.61 Å². The van der Waals surface area contributed by atoms with Crippen molar-refractivity contribution in [2.24, 2.45) is 0 Å². The summed E-state index contributed by atoms with van der Waals surface area (Å²) < 4.78 is 5.70. The monoisotopic (exact) mass is 340 g/mol. The number of aryl methyl sites for hydroxylation is 2. The molecule has 1 saturated heterocycles. The van der Waals surface area contributed by atoms with Crippen molar-refractivity contribution in [2.75, 3.05) is 37.7 Å². The van der Waals surface area contributed by atoms with E-state index in [0.717, 1.165) is 30.1 Å². The van der Waals surface area contributed by atoms with Crippen molar-refractivity contribution in [2.45, 2.75) is 13.8 Å². The second-order valence-electron chi connectivity index (χ2n) is 6.44. The van der Waals surface area contributed by atoms with Crippen LogP contribution in [0.5, 0.6) is 11.5 Å². The molecule has 1 aliphatic heterocycles. The molecule has 5 nitrogen and oxygen atoms in total. The van der Waals surface area contributed by atoms with E-state index in [4.69, 9.17) is 4.74 Å². The van der Waals surface area contributed by atoms with Gasteiger partial charge in [-0.1, -0.05) is 17.7 Å². The van der Waals surface area contributed by atoms with Crippen LogP contribution in [0.15, 0.2) is 42.5 Å². The maximum absolute atomic E-state index is 12.4. The first-order valence-corrected chi connectivity index (χ1v) is 8.55. The lowest BCUT2D eigenvalue weighted by molar-refractivity contribution is -0.133. The standard InChI is InChI=1S/C20H24N2O3/c1-15-3-8-19(16(2)13-15)25-14-20(24)22-11-9-21(10-12-22)17-4-6-18(23)7-5-17/h3-8,13,23H,9-12,14H2,1-2H3. The Bertz CT molecular complexity index is 735. The number of phenols is 1. The van der Waals surface area contributed by atoms with Crippen molar-refractivity contribution < 1.29 is 14.6 Å². The van der Waals surface area contributed by atoms with Crippen molar-refractivity contribution in [3.63, 3.8) is 0 Å². The van der Waals surface area contributed by atoms with Crippen LogP contribution in [0.2, 0.25) is 0 Å². The smallest absolute Gasteiger partial charge is 0.260 e. The summed E-state index contributed by atoms with van der Waals surface area (Å²) in [5.41, 5.74) is 3.29. The molecule has 0 atom stereocenters. The van der Waals surface area contributed by atoms with Gasteiger partial charge in [0.25, 0.3) is 5.91 Å². The van der Waals surface area contributed by atoms with Crippen LogP contribution in [-0.2, 0) is 4.79 Å². The first-order valence-electron chi connectivity index (χ1n) is 8.55. The van der Waals surface area contributed by atoms with Gasteiger partial charge in [-0.3, -0.25) is 4.79 Å². The fourth-order valence-electron chi connectivity index (χ4n) is 3.07. The van der Waals surface area contributed by atoms with Crippen LogP contribution in [-0.4, -0.2) is 48.7 Å². The van der Waals surface area contributed by atoms with Crippen LogP contribution < -0.4 is 9.64 Å². The highest BCUT2D eigenvalue weighted by atomic mass is 16.5. The molecule has 0 aromatic heterocycles. The van der Waals surface area contributed by atoms with Crippen LogP contribution in [0.3, 0.4) is 0 Å². The molecule has 0 bridgehead atoms. The van der Waals surface area contributed by atoms with Gasteiger partial charge in [0.05, 0.1) is 0 Å². The maximum atomic E-state index is 12.4. The molecule has 2 aromatic carbocycles. The zero-order valence-corrected chi connectivity index (χ0v) is 14.7. The second-order valence-corrected chi connectivity index (χ2v) is 6.44. The Labute approximate surface area is 148 Å². The molecule has 0 saturated carbocycles. The Hall–Kier alpha value is -2.69. The highest BCUT2D eigenvalue weighted by Crippen LogP contribution is 2.21. The number of amides is 1. The average molecular weight is 340 g/mol. The van der Waals surface area contributed by atoms with Gasteiger partial charge in [-0.05, 0) is 49.7 Å². The Morgan fingerprint density at radius 2 is 1.72 bits per heavy atom. The van der Waals surface area contributed by atoms with E-state index in [1.54, 1.807) is 12.1 Å². The van der Waals surface area contributed by atoms with E-state index < -0.39 is 0 Å². The van der Waals surface area contributed by atoms with Crippen molar-refractivity contribution in [1.82, 2.24) is 4.90 Å². The van der Waals surface area contributed by atoms with Crippen molar-refractivity contribution in [1.29, 1.82) is 0 Å². The van der Waals surface area contributed by atoms with E-state index >= 15 is 0 Å². The number of hydrogen-bond donors (Lipinski definition) is 1. The lowest BCUT2D eigenvalue weighted by Crippen LogP contribution is -2.50. The van der Waals surface area contributed by atoms with E-state index in [1.807, 2.05) is 43.0 Å².